The third-order valence-electron chi connectivity index (χ3n) is 2.65. The number of H-pyrrole nitrogens is 1. The predicted octanol–water partition coefficient (Wildman–Crippen LogP) is 4.54. The van der Waals surface area contributed by atoms with Crippen LogP contribution in [-0.4, -0.2) is 9.97 Å². The highest BCUT2D eigenvalue weighted by Gasteiger charge is 2.10. The summed E-state index contributed by atoms with van der Waals surface area (Å²) in [7, 11) is 0. The van der Waals surface area contributed by atoms with Crippen LogP contribution in [0.15, 0.2) is 42.6 Å². The maximum atomic E-state index is 6.18. The summed E-state index contributed by atoms with van der Waals surface area (Å²) in [5.74, 6) is 0. The van der Waals surface area contributed by atoms with Crippen molar-refractivity contribution in [2.24, 2.45) is 0 Å². The molecule has 2 aromatic heterocycles. The number of benzene rings is 1. The van der Waals surface area contributed by atoms with E-state index in [0.29, 0.717) is 10.2 Å². The van der Waals surface area contributed by atoms with Gasteiger partial charge in [-0.15, -0.1) is 0 Å². The summed E-state index contributed by atoms with van der Waals surface area (Å²) in [5.41, 5.74) is 3.71. The second kappa shape index (κ2) is 4.06. The van der Waals surface area contributed by atoms with Gasteiger partial charge in [0.05, 0.1) is 11.0 Å². The van der Waals surface area contributed by atoms with E-state index in [1.165, 1.54) is 0 Å². The van der Waals surface area contributed by atoms with Crippen molar-refractivity contribution in [1.29, 1.82) is 0 Å². The smallest absolute Gasteiger partial charge is 0.129 e. The van der Waals surface area contributed by atoms with Crippen LogP contribution in [-0.2, 0) is 0 Å². The third-order valence-corrected chi connectivity index (χ3v) is 3.19. The molecule has 1 aromatic carbocycles. The largest absolute Gasteiger partial charge is 0.359 e. The van der Waals surface area contributed by atoms with Crippen molar-refractivity contribution in [1.82, 2.24) is 9.97 Å². The van der Waals surface area contributed by atoms with Gasteiger partial charge in [0.25, 0.3) is 0 Å². The lowest BCUT2D eigenvalue weighted by Gasteiger charge is -2.01. The van der Waals surface area contributed by atoms with E-state index in [1.54, 1.807) is 6.07 Å². The summed E-state index contributed by atoms with van der Waals surface area (Å²) in [4.78, 5) is 7.49. The number of rotatable bonds is 1. The molecule has 0 amide bonds. The predicted molar refractivity (Wildman–Crippen MR) is 71.5 cm³/mol. The first-order valence-electron chi connectivity index (χ1n) is 5.14. The molecule has 2 heterocycles. The number of nitrogens with zero attached hydrogens (tertiary/aromatic N) is 1. The van der Waals surface area contributed by atoms with Gasteiger partial charge < -0.3 is 4.98 Å². The van der Waals surface area contributed by atoms with Crippen LogP contribution in [0.5, 0.6) is 0 Å². The van der Waals surface area contributed by atoms with Crippen LogP contribution < -0.4 is 0 Å². The monoisotopic (exact) mass is 262 g/mol. The molecule has 0 unspecified atom stereocenters. The number of nitrogens with one attached hydrogen (secondary N) is 1. The molecule has 0 spiro atoms. The minimum atomic E-state index is 0.477. The first-order chi connectivity index (χ1) is 8.25. The summed E-state index contributed by atoms with van der Waals surface area (Å²) in [6.45, 7) is 0. The Bertz CT molecular complexity index is 689. The van der Waals surface area contributed by atoms with E-state index < -0.39 is 0 Å². The van der Waals surface area contributed by atoms with Gasteiger partial charge in [-0.2, -0.15) is 0 Å². The van der Waals surface area contributed by atoms with Crippen molar-refractivity contribution in [2.45, 2.75) is 0 Å². The van der Waals surface area contributed by atoms with Crippen LogP contribution in [0.25, 0.3) is 22.2 Å². The van der Waals surface area contributed by atoms with E-state index in [1.807, 2.05) is 36.5 Å². The fourth-order valence-corrected chi connectivity index (χ4v) is 2.25. The van der Waals surface area contributed by atoms with Crippen molar-refractivity contribution in [2.75, 3.05) is 0 Å². The molecule has 0 bridgehead atoms. The fourth-order valence-electron chi connectivity index (χ4n) is 1.86. The van der Waals surface area contributed by atoms with Gasteiger partial charge in [-0.05, 0) is 18.2 Å². The molecule has 3 aromatic rings. The Morgan fingerprint density at radius 2 is 1.76 bits per heavy atom. The van der Waals surface area contributed by atoms with E-state index in [2.05, 4.69) is 9.97 Å². The minimum Gasteiger partial charge on any atom is -0.359 e. The van der Waals surface area contributed by atoms with Gasteiger partial charge in [0.2, 0.25) is 0 Å². The van der Waals surface area contributed by atoms with E-state index in [9.17, 15) is 0 Å². The zero-order valence-corrected chi connectivity index (χ0v) is 10.3. The number of hydrogen-bond donors (Lipinski definition) is 1. The van der Waals surface area contributed by atoms with Crippen LogP contribution in [0.4, 0.5) is 0 Å². The number of aromatic amines is 1. The molecule has 0 fully saturated rings. The highest BCUT2D eigenvalue weighted by Crippen LogP contribution is 2.32. The van der Waals surface area contributed by atoms with E-state index >= 15 is 0 Å². The minimum absolute atomic E-state index is 0.477. The summed E-state index contributed by atoms with van der Waals surface area (Å²) in [6, 6.07) is 11.3. The van der Waals surface area contributed by atoms with Crippen molar-refractivity contribution >= 4 is 34.2 Å². The van der Waals surface area contributed by atoms with Crippen LogP contribution in [0, 0.1) is 0 Å². The molecule has 17 heavy (non-hydrogen) atoms. The molecule has 3 rings (SSSR count). The Balaban J connectivity index is 2.31. The second-order valence-corrected chi connectivity index (χ2v) is 4.51. The van der Waals surface area contributed by atoms with Crippen molar-refractivity contribution in [3.63, 3.8) is 0 Å². The summed E-state index contributed by atoms with van der Waals surface area (Å²) in [5, 5.41) is 1.18. The van der Waals surface area contributed by atoms with Gasteiger partial charge in [0.1, 0.15) is 5.15 Å². The Kier molecular flexibility index (Phi) is 2.54. The SMILES string of the molecule is Clc1ccc2[nH]cc(-c3ccccc3Cl)c2n1. The van der Waals surface area contributed by atoms with Gasteiger partial charge in [-0.25, -0.2) is 4.98 Å². The van der Waals surface area contributed by atoms with E-state index in [4.69, 9.17) is 23.2 Å². The quantitative estimate of drug-likeness (QED) is 0.641. The molecule has 1 N–H and O–H groups in total. The lowest BCUT2D eigenvalue weighted by atomic mass is 10.1. The maximum Gasteiger partial charge on any atom is 0.129 e. The van der Waals surface area contributed by atoms with Crippen molar-refractivity contribution in [3.05, 3.63) is 52.8 Å². The average molecular weight is 263 g/mol. The molecule has 2 nitrogen and oxygen atoms in total. The maximum absolute atomic E-state index is 6.18. The normalized spacial score (nSPS) is 10.9. The van der Waals surface area contributed by atoms with Crippen LogP contribution >= 0.6 is 23.2 Å². The van der Waals surface area contributed by atoms with Gasteiger partial charge in [-0.3, -0.25) is 0 Å². The Labute approximate surface area is 108 Å². The highest BCUT2D eigenvalue weighted by atomic mass is 35.5. The molecule has 0 atom stereocenters. The fraction of sp³-hybridized carbons (Fsp3) is 0. The molecule has 0 aliphatic heterocycles. The van der Waals surface area contributed by atoms with Crippen molar-refractivity contribution < 1.29 is 0 Å². The van der Waals surface area contributed by atoms with Gasteiger partial charge in [-0.1, -0.05) is 41.4 Å². The Morgan fingerprint density at radius 3 is 2.59 bits per heavy atom. The van der Waals surface area contributed by atoms with E-state index in [-0.39, 0.29) is 0 Å². The molecular weight excluding hydrogens is 255 g/mol. The molecule has 0 saturated carbocycles. The second-order valence-electron chi connectivity index (χ2n) is 3.71. The molecule has 0 aliphatic rings. The lowest BCUT2D eigenvalue weighted by Crippen LogP contribution is -1.80. The van der Waals surface area contributed by atoms with Crippen LogP contribution in [0.1, 0.15) is 0 Å². The first kappa shape index (κ1) is 10.6. The molecule has 0 saturated heterocycles. The molecule has 0 radical (unpaired) electrons. The Morgan fingerprint density at radius 1 is 0.941 bits per heavy atom. The van der Waals surface area contributed by atoms with E-state index in [0.717, 1.165) is 22.2 Å². The topological polar surface area (TPSA) is 28.7 Å². The highest BCUT2D eigenvalue weighted by molar-refractivity contribution is 6.33. The van der Waals surface area contributed by atoms with Crippen LogP contribution in [0.3, 0.4) is 0 Å². The van der Waals surface area contributed by atoms with Gasteiger partial charge in [0, 0.05) is 22.3 Å². The average Bonchev–Trinajstić information content (AvgIpc) is 2.72. The number of aromatic nitrogens is 2. The lowest BCUT2D eigenvalue weighted by molar-refractivity contribution is 1.40. The number of pyridine rings is 1. The molecular formula is C13H8Cl2N2. The van der Waals surface area contributed by atoms with Crippen molar-refractivity contribution in [3.8, 4) is 11.1 Å². The standard InChI is InChI=1S/C13H8Cl2N2/c14-10-4-2-1-3-8(10)9-7-16-11-5-6-12(15)17-13(9)11/h1-7,16H. The number of halogens is 2. The first-order valence-corrected chi connectivity index (χ1v) is 5.90. The molecule has 0 aliphatic carbocycles. The summed E-state index contributed by atoms with van der Waals surface area (Å²) in [6.07, 6.45) is 1.90. The van der Waals surface area contributed by atoms with Gasteiger partial charge in [0.15, 0.2) is 0 Å². The Hall–Kier alpha value is -1.51. The zero-order chi connectivity index (χ0) is 11.8. The number of fused-ring (bicyclic) bond motifs is 1. The third kappa shape index (κ3) is 1.79. The molecule has 84 valence electrons. The van der Waals surface area contributed by atoms with Gasteiger partial charge >= 0.3 is 0 Å². The molecule has 4 heteroatoms. The number of hydrogen-bond acceptors (Lipinski definition) is 1. The zero-order valence-electron chi connectivity index (χ0n) is 8.74. The summed E-state index contributed by atoms with van der Waals surface area (Å²) >= 11 is 12.1. The summed E-state index contributed by atoms with van der Waals surface area (Å²) < 4.78 is 0. The van der Waals surface area contributed by atoms with Crippen LogP contribution in [0.2, 0.25) is 10.2 Å².